The minimum absolute atomic E-state index is 0.0342. The highest BCUT2D eigenvalue weighted by Crippen LogP contribution is 2.46. The van der Waals surface area contributed by atoms with E-state index < -0.39 is 12.3 Å². The molecule has 1 aromatic rings. The smallest absolute Gasteiger partial charge is 0.339 e. The Morgan fingerprint density at radius 3 is 2.70 bits per heavy atom. The van der Waals surface area contributed by atoms with Gasteiger partial charge in [-0.2, -0.15) is 0 Å². The Labute approximate surface area is 115 Å². The van der Waals surface area contributed by atoms with Crippen LogP contribution in [0.4, 0.5) is 4.39 Å². The molecule has 0 unspecified atom stereocenters. The quantitative estimate of drug-likeness (QED) is 0.797. The van der Waals surface area contributed by atoms with Gasteiger partial charge in [0.15, 0.2) is 0 Å². The number of carbonyl (C=O) groups is 2. The van der Waals surface area contributed by atoms with E-state index in [0.29, 0.717) is 37.0 Å². The van der Waals surface area contributed by atoms with Gasteiger partial charge in [0.25, 0.3) is 0 Å². The molecule has 4 nitrogen and oxygen atoms in total. The minimum atomic E-state index is -0.654. The molecule has 1 aromatic carbocycles. The van der Waals surface area contributed by atoms with Gasteiger partial charge < -0.3 is 9.47 Å². The van der Waals surface area contributed by atoms with Crippen LogP contribution in [-0.4, -0.2) is 25.0 Å². The molecule has 0 atom stereocenters. The minimum Gasteiger partial charge on any atom is -0.491 e. The molecule has 0 radical (unpaired) electrons. The van der Waals surface area contributed by atoms with Crippen LogP contribution in [0.25, 0.3) is 0 Å². The Kier molecular flexibility index (Phi) is 3.20. The molecule has 3 rings (SSSR count). The fourth-order valence-corrected chi connectivity index (χ4v) is 2.93. The van der Waals surface area contributed by atoms with Gasteiger partial charge in [-0.05, 0) is 25.0 Å². The third-order valence-electron chi connectivity index (χ3n) is 3.95. The number of benzene rings is 1. The van der Waals surface area contributed by atoms with Crippen LogP contribution in [-0.2, 0) is 15.1 Å². The van der Waals surface area contributed by atoms with E-state index in [0.717, 1.165) is 5.56 Å². The van der Waals surface area contributed by atoms with Crippen molar-refractivity contribution in [1.82, 2.24) is 0 Å². The van der Waals surface area contributed by atoms with Gasteiger partial charge in [-0.25, -0.2) is 9.18 Å². The third-order valence-corrected chi connectivity index (χ3v) is 3.95. The summed E-state index contributed by atoms with van der Waals surface area (Å²) in [6, 6.07) is 5.11. The molecule has 1 aliphatic heterocycles. The van der Waals surface area contributed by atoms with Gasteiger partial charge in [-0.3, -0.25) is 4.79 Å². The molecule has 20 heavy (non-hydrogen) atoms. The van der Waals surface area contributed by atoms with Crippen LogP contribution in [0.15, 0.2) is 18.2 Å². The van der Waals surface area contributed by atoms with E-state index in [9.17, 15) is 14.0 Å². The number of rotatable bonds is 3. The summed E-state index contributed by atoms with van der Waals surface area (Å²) in [7, 11) is 0. The molecule has 2 aliphatic rings. The summed E-state index contributed by atoms with van der Waals surface area (Å²) < 4.78 is 22.8. The van der Waals surface area contributed by atoms with E-state index in [1.165, 1.54) is 0 Å². The summed E-state index contributed by atoms with van der Waals surface area (Å²) in [5, 5.41) is 0. The Hall–Kier alpha value is -1.91. The first kappa shape index (κ1) is 13.1. The number of fused-ring (bicyclic) bond motifs is 2. The number of carbonyl (C=O) groups excluding carboxylic acids is 2. The van der Waals surface area contributed by atoms with Crippen molar-refractivity contribution < 1.29 is 23.5 Å². The normalized spacial score (nSPS) is 19.9. The summed E-state index contributed by atoms with van der Waals surface area (Å²) in [5.74, 6) is 0.283. The molecule has 0 amide bonds. The van der Waals surface area contributed by atoms with Crippen molar-refractivity contribution in [1.29, 1.82) is 0 Å². The van der Waals surface area contributed by atoms with Crippen molar-refractivity contribution in [3.63, 3.8) is 0 Å². The predicted octanol–water partition coefficient (Wildman–Crippen LogP) is 2.54. The van der Waals surface area contributed by atoms with E-state index in [1.807, 2.05) is 0 Å². The average Bonchev–Trinajstić information content (AvgIpc) is 2.73. The van der Waals surface area contributed by atoms with E-state index in [-0.39, 0.29) is 18.4 Å². The molecular weight excluding hydrogens is 263 g/mol. The first-order chi connectivity index (χ1) is 9.64. The number of ketones is 1. The van der Waals surface area contributed by atoms with E-state index in [4.69, 9.17) is 9.47 Å². The largest absolute Gasteiger partial charge is 0.491 e. The average molecular weight is 278 g/mol. The Balaban J connectivity index is 1.91. The molecule has 5 heteroatoms. The lowest BCUT2D eigenvalue weighted by atomic mass is 9.79. The molecule has 1 saturated carbocycles. The van der Waals surface area contributed by atoms with E-state index >= 15 is 0 Å². The molecule has 0 bridgehead atoms. The van der Waals surface area contributed by atoms with Crippen LogP contribution in [0.3, 0.4) is 0 Å². The van der Waals surface area contributed by atoms with Crippen LogP contribution >= 0.6 is 0 Å². The van der Waals surface area contributed by atoms with Gasteiger partial charge in [-0.1, -0.05) is 6.07 Å². The molecule has 0 N–H and O–H groups in total. The first-order valence-electron chi connectivity index (χ1n) is 6.73. The van der Waals surface area contributed by atoms with Crippen molar-refractivity contribution >= 4 is 11.8 Å². The number of halogens is 1. The van der Waals surface area contributed by atoms with Crippen LogP contribution in [0.5, 0.6) is 5.75 Å². The van der Waals surface area contributed by atoms with Crippen molar-refractivity contribution in [3.05, 3.63) is 29.3 Å². The Bertz CT molecular complexity index is 557. The topological polar surface area (TPSA) is 52.6 Å². The van der Waals surface area contributed by atoms with Crippen LogP contribution in [0.2, 0.25) is 0 Å². The fourth-order valence-electron chi connectivity index (χ4n) is 2.93. The van der Waals surface area contributed by atoms with E-state index in [2.05, 4.69) is 0 Å². The van der Waals surface area contributed by atoms with Gasteiger partial charge in [0, 0.05) is 18.4 Å². The summed E-state index contributed by atoms with van der Waals surface area (Å²) in [5.41, 5.74) is 0.636. The maximum Gasteiger partial charge on any atom is 0.339 e. The van der Waals surface area contributed by atoms with Crippen molar-refractivity contribution in [2.45, 2.75) is 31.3 Å². The maximum atomic E-state index is 12.1. The molecule has 106 valence electrons. The van der Waals surface area contributed by atoms with Crippen molar-refractivity contribution in [3.8, 4) is 5.75 Å². The van der Waals surface area contributed by atoms with Crippen LogP contribution < -0.4 is 4.74 Å². The van der Waals surface area contributed by atoms with Crippen LogP contribution in [0, 0.1) is 0 Å². The van der Waals surface area contributed by atoms with Gasteiger partial charge in [0.1, 0.15) is 30.4 Å². The predicted molar refractivity (Wildman–Crippen MR) is 68.5 cm³/mol. The Morgan fingerprint density at radius 1 is 1.25 bits per heavy atom. The summed E-state index contributed by atoms with van der Waals surface area (Å²) in [6.45, 7) is -0.610. The van der Waals surface area contributed by atoms with Gasteiger partial charge >= 0.3 is 5.97 Å². The highest BCUT2D eigenvalue weighted by molar-refractivity contribution is 5.95. The molecule has 0 aromatic heterocycles. The molecular formula is C15H15FO4. The lowest BCUT2D eigenvalue weighted by molar-refractivity contribution is -0.125. The SMILES string of the molecule is O=C1CCC2(CC1)OC(=O)c1cc(OCCF)ccc12. The van der Waals surface area contributed by atoms with Crippen molar-refractivity contribution in [2.75, 3.05) is 13.3 Å². The van der Waals surface area contributed by atoms with Gasteiger partial charge in [-0.15, -0.1) is 0 Å². The zero-order chi connectivity index (χ0) is 14.2. The maximum absolute atomic E-state index is 12.1. The third kappa shape index (κ3) is 2.07. The number of hydrogen-bond acceptors (Lipinski definition) is 4. The second-order valence-corrected chi connectivity index (χ2v) is 5.17. The van der Waals surface area contributed by atoms with E-state index in [1.54, 1.807) is 18.2 Å². The standard InChI is InChI=1S/C15H15FO4/c16-7-8-19-11-1-2-13-12(9-11)14(18)20-15(13)5-3-10(17)4-6-15/h1-2,9H,3-8H2. The highest BCUT2D eigenvalue weighted by Gasteiger charge is 2.47. The Morgan fingerprint density at radius 2 is 2.00 bits per heavy atom. The number of Topliss-reactive ketones (excluding diaryl/α,β-unsaturated/α-hetero) is 1. The van der Waals surface area contributed by atoms with Gasteiger partial charge in [0.05, 0.1) is 5.56 Å². The number of hydrogen-bond donors (Lipinski definition) is 0. The number of alkyl halides is 1. The van der Waals surface area contributed by atoms with Crippen LogP contribution in [0.1, 0.15) is 41.6 Å². The lowest BCUT2D eigenvalue weighted by Gasteiger charge is -2.32. The summed E-state index contributed by atoms with van der Waals surface area (Å²) >= 11 is 0. The number of esters is 1. The zero-order valence-corrected chi connectivity index (χ0v) is 11.0. The summed E-state index contributed by atoms with van der Waals surface area (Å²) in [4.78, 5) is 23.4. The molecule has 1 spiro atoms. The second-order valence-electron chi connectivity index (χ2n) is 5.17. The van der Waals surface area contributed by atoms with Gasteiger partial charge in [0.2, 0.25) is 0 Å². The lowest BCUT2D eigenvalue weighted by Crippen LogP contribution is -2.32. The first-order valence-corrected chi connectivity index (χ1v) is 6.73. The highest BCUT2D eigenvalue weighted by atomic mass is 19.1. The zero-order valence-electron chi connectivity index (χ0n) is 11.0. The summed E-state index contributed by atoms with van der Waals surface area (Å²) in [6.07, 6.45) is 1.95. The molecule has 1 fully saturated rings. The number of ether oxygens (including phenoxy) is 2. The molecule has 1 heterocycles. The molecule has 1 aliphatic carbocycles. The second kappa shape index (κ2) is 4.89. The van der Waals surface area contributed by atoms with Crippen molar-refractivity contribution in [2.24, 2.45) is 0 Å². The monoisotopic (exact) mass is 278 g/mol. The molecule has 0 saturated heterocycles. The fraction of sp³-hybridized carbons (Fsp3) is 0.467.